The Morgan fingerprint density at radius 3 is 2.64 bits per heavy atom. The van der Waals surface area contributed by atoms with E-state index in [9.17, 15) is 24.6 Å². The van der Waals surface area contributed by atoms with Gasteiger partial charge in [-0.05, 0) is 92.3 Å². The fraction of sp³-hybridized carbons (Fsp3) is 0.581. The first-order chi connectivity index (χ1) is 18.5. The number of aromatic nitrogens is 1. The molecule has 2 heterocycles. The molecule has 0 unspecified atom stereocenters. The minimum absolute atomic E-state index is 0.0304. The van der Waals surface area contributed by atoms with E-state index >= 15 is 0 Å². The highest BCUT2D eigenvalue weighted by atomic mass is 16.3. The minimum Gasteiger partial charge on any atom is -0.508 e. The van der Waals surface area contributed by atoms with Crippen molar-refractivity contribution in [3.05, 3.63) is 62.6 Å². The van der Waals surface area contributed by atoms with Gasteiger partial charge in [-0.25, -0.2) is 0 Å². The summed E-state index contributed by atoms with van der Waals surface area (Å²) < 4.78 is 0. The number of amides is 1. The molecule has 0 spiro atoms. The number of phenols is 1. The molecule has 0 radical (unpaired) electrons. The van der Waals surface area contributed by atoms with Crippen LogP contribution in [0, 0.1) is 11.8 Å². The van der Waals surface area contributed by atoms with Crippen molar-refractivity contribution in [1.82, 2.24) is 15.2 Å². The maximum absolute atomic E-state index is 13.2. The van der Waals surface area contributed by atoms with Gasteiger partial charge in [-0.1, -0.05) is 19.9 Å². The SMILES string of the molecule is CC(=O)[C@H](CC(C)C)NC(=O)c1cc2c([nH]c1=O)C[C@]13CCN(CC4CC4)[C@H](Cc4ccc(O)cc41)[C@]3(O)C2. The maximum Gasteiger partial charge on any atom is 0.261 e. The molecule has 4 N–H and O–H groups in total. The largest absolute Gasteiger partial charge is 0.508 e. The molecule has 6 rings (SSSR count). The lowest BCUT2D eigenvalue weighted by atomic mass is 9.49. The number of ketones is 1. The summed E-state index contributed by atoms with van der Waals surface area (Å²) in [6, 6.07) is 6.38. The number of hydrogen-bond donors (Lipinski definition) is 4. The lowest BCUT2D eigenvalue weighted by molar-refractivity contribution is -0.152. The Morgan fingerprint density at radius 2 is 1.95 bits per heavy atom. The summed E-state index contributed by atoms with van der Waals surface area (Å²) in [4.78, 5) is 44.0. The normalized spacial score (nSPS) is 28.3. The third kappa shape index (κ3) is 4.32. The van der Waals surface area contributed by atoms with E-state index in [0.717, 1.165) is 41.9 Å². The molecule has 2 aromatic rings. The zero-order valence-electron chi connectivity index (χ0n) is 23.0. The van der Waals surface area contributed by atoms with E-state index in [1.807, 2.05) is 19.9 Å². The van der Waals surface area contributed by atoms with Crippen LogP contribution in [0.2, 0.25) is 0 Å². The van der Waals surface area contributed by atoms with Gasteiger partial charge >= 0.3 is 0 Å². The Morgan fingerprint density at radius 1 is 1.18 bits per heavy atom. The number of carbonyl (C=O) groups is 2. The Labute approximate surface area is 228 Å². The number of nitrogens with zero attached hydrogens (tertiary/aromatic N) is 1. The molecule has 1 aromatic heterocycles. The second kappa shape index (κ2) is 9.30. The van der Waals surface area contributed by atoms with E-state index in [2.05, 4.69) is 15.2 Å². The van der Waals surface area contributed by atoms with Gasteiger partial charge in [0.25, 0.3) is 11.5 Å². The van der Waals surface area contributed by atoms with Crippen molar-refractivity contribution >= 4 is 11.7 Å². The number of aromatic amines is 1. The maximum atomic E-state index is 13.2. The number of hydrogen-bond acceptors (Lipinski definition) is 6. The van der Waals surface area contributed by atoms with Gasteiger partial charge < -0.3 is 20.5 Å². The number of aromatic hydroxyl groups is 1. The highest BCUT2D eigenvalue weighted by Crippen LogP contribution is 2.57. The van der Waals surface area contributed by atoms with Gasteiger partial charge in [0.15, 0.2) is 5.78 Å². The summed E-state index contributed by atoms with van der Waals surface area (Å²) in [5, 5.41) is 25.9. The Kier molecular flexibility index (Phi) is 6.27. The van der Waals surface area contributed by atoms with Crippen LogP contribution in [0.25, 0.3) is 0 Å². The standard InChI is InChI=1S/C31H39N3O5/c1-17(2)10-25(18(3)35)32-28(37)23-11-21-14-31(39)27-12-20-6-7-22(36)13-24(20)30(31,15-26(21)33-29(23)38)8-9-34(27)16-19-4-5-19/h6-7,11,13,17,19,25,27,36,39H,4-5,8-10,12,14-16H2,1-3H3,(H,32,37)(H,33,38)/t25-,27+,30+,31+/m0/s1. The number of Topliss-reactive ketones (excluding diaryl/α,β-unsaturated/α-hetero) is 1. The zero-order valence-corrected chi connectivity index (χ0v) is 23.0. The number of nitrogens with one attached hydrogen (secondary N) is 2. The van der Waals surface area contributed by atoms with Gasteiger partial charge in [0.1, 0.15) is 11.3 Å². The van der Waals surface area contributed by atoms with Crippen LogP contribution >= 0.6 is 0 Å². The van der Waals surface area contributed by atoms with Crippen molar-refractivity contribution in [2.24, 2.45) is 11.8 Å². The van der Waals surface area contributed by atoms with Crippen LogP contribution in [0.5, 0.6) is 5.75 Å². The average Bonchev–Trinajstić information content (AvgIpc) is 3.68. The quantitative estimate of drug-likeness (QED) is 0.434. The van der Waals surface area contributed by atoms with Crippen LogP contribution in [0.3, 0.4) is 0 Å². The molecule has 2 fully saturated rings. The monoisotopic (exact) mass is 533 g/mol. The van der Waals surface area contributed by atoms with Crippen LogP contribution in [-0.2, 0) is 29.5 Å². The zero-order chi connectivity index (χ0) is 27.7. The Balaban J connectivity index is 1.40. The van der Waals surface area contributed by atoms with Crippen LogP contribution in [0.1, 0.15) is 79.2 Å². The predicted molar refractivity (Wildman–Crippen MR) is 147 cm³/mol. The van der Waals surface area contributed by atoms with Gasteiger partial charge in [-0.2, -0.15) is 0 Å². The van der Waals surface area contributed by atoms with Crippen LogP contribution in [0.4, 0.5) is 0 Å². The molecule has 208 valence electrons. The Bertz CT molecular complexity index is 1400. The number of phenolic OH excluding ortho intramolecular Hbond substituents is 1. The summed E-state index contributed by atoms with van der Waals surface area (Å²) in [7, 11) is 0. The van der Waals surface area contributed by atoms with Crippen molar-refractivity contribution in [3.8, 4) is 5.75 Å². The van der Waals surface area contributed by atoms with Gasteiger partial charge in [0.05, 0.1) is 11.6 Å². The predicted octanol–water partition coefficient (Wildman–Crippen LogP) is 2.62. The van der Waals surface area contributed by atoms with E-state index in [1.165, 1.54) is 19.8 Å². The second-order valence-electron chi connectivity index (χ2n) is 12.9. The molecule has 1 aliphatic heterocycles. The van der Waals surface area contributed by atoms with Crippen molar-refractivity contribution in [1.29, 1.82) is 0 Å². The topological polar surface area (TPSA) is 123 Å². The molecular formula is C31H39N3O5. The van der Waals surface area contributed by atoms with Crippen molar-refractivity contribution in [2.75, 3.05) is 13.1 Å². The van der Waals surface area contributed by atoms with E-state index in [4.69, 9.17) is 0 Å². The molecule has 8 nitrogen and oxygen atoms in total. The van der Waals surface area contributed by atoms with Crippen molar-refractivity contribution in [3.63, 3.8) is 0 Å². The molecule has 1 aromatic carbocycles. The Hall–Kier alpha value is -2.97. The van der Waals surface area contributed by atoms with E-state index in [1.54, 1.807) is 18.2 Å². The fourth-order valence-corrected chi connectivity index (χ4v) is 7.59. The highest BCUT2D eigenvalue weighted by molar-refractivity contribution is 5.97. The molecule has 1 amide bonds. The van der Waals surface area contributed by atoms with Gasteiger partial charge in [-0.15, -0.1) is 0 Å². The first-order valence-corrected chi connectivity index (χ1v) is 14.4. The van der Waals surface area contributed by atoms with Crippen LogP contribution in [0.15, 0.2) is 29.1 Å². The summed E-state index contributed by atoms with van der Waals surface area (Å²) in [5.41, 5.74) is 1.34. The van der Waals surface area contributed by atoms with Gasteiger partial charge in [-0.3, -0.25) is 19.3 Å². The number of piperidine rings is 1. The summed E-state index contributed by atoms with van der Waals surface area (Å²) in [6.07, 6.45) is 5.13. The number of H-pyrrole nitrogens is 1. The number of carbonyl (C=O) groups excluding carboxylic acids is 2. The lowest BCUT2D eigenvalue weighted by Gasteiger charge is -2.63. The lowest BCUT2D eigenvalue weighted by Crippen LogP contribution is -2.74. The second-order valence-corrected chi connectivity index (χ2v) is 12.9. The molecule has 8 heteroatoms. The fourth-order valence-electron chi connectivity index (χ4n) is 7.59. The minimum atomic E-state index is -1.11. The van der Waals surface area contributed by atoms with Crippen molar-refractivity contribution < 1.29 is 19.8 Å². The summed E-state index contributed by atoms with van der Waals surface area (Å²) in [6.45, 7) is 7.25. The van der Waals surface area contributed by atoms with Gasteiger partial charge in [0, 0.05) is 36.5 Å². The molecular weight excluding hydrogens is 494 g/mol. The molecule has 2 bridgehead atoms. The number of aliphatic hydroxyl groups is 1. The molecule has 39 heavy (non-hydrogen) atoms. The number of rotatable bonds is 7. The van der Waals surface area contributed by atoms with E-state index in [-0.39, 0.29) is 29.1 Å². The first-order valence-electron chi connectivity index (χ1n) is 14.4. The van der Waals surface area contributed by atoms with Gasteiger partial charge in [0.2, 0.25) is 0 Å². The smallest absolute Gasteiger partial charge is 0.261 e. The number of benzene rings is 1. The average molecular weight is 534 g/mol. The van der Waals surface area contributed by atoms with E-state index in [0.29, 0.717) is 31.6 Å². The molecule has 3 aliphatic carbocycles. The van der Waals surface area contributed by atoms with E-state index < -0.39 is 28.5 Å². The number of pyridine rings is 1. The third-order valence-corrected chi connectivity index (χ3v) is 9.76. The van der Waals surface area contributed by atoms with Crippen LogP contribution in [-0.4, -0.2) is 62.6 Å². The molecule has 1 saturated heterocycles. The number of fused-ring (bicyclic) bond motifs is 2. The number of likely N-dealkylation sites (tertiary alicyclic amines) is 1. The summed E-state index contributed by atoms with van der Waals surface area (Å²) >= 11 is 0. The molecule has 1 saturated carbocycles. The highest BCUT2D eigenvalue weighted by Gasteiger charge is 2.64. The summed E-state index contributed by atoms with van der Waals surface area (Å²) in [5.74, 6) is 0.358. The first kappa shape index (κ1) is 26.3. The molecule has 4 atom stereocenters. The van der Waals surface area contributed by atoms with Crippen molar-refractivity contribution in [2.45, 2.75) is 88.8 Å². The third-order valence-electron chi connectivity index (χ3n) is 9.76. The molecule has 4 aliphatic rings. The van der Waals surface area contributed by atoms with Crippen LogP contribution < -0.4 is 10.9 Å².